The van der Waals surface area contributed by atoms with E-state index in [1.54, 1.807) is 14.0 Å². The predicted molar refractivity (Wildman–Crippen MR) is 134 cm³/mol. The van der Waals surface area contributed by atoms with E-state index in [1.807, 2.05) is 34.6 Å². The number of aliphatic hydroxyl groups excluding tert-OH is 1. The van der Waals surface area contributed by atoms with Gasteiger partial charge in [-0.3, -0.25) is 9.59 Å². The molecule has 0 fully saturated rings. The first-order valence-electron chi connectivity index (χ1n) is 11.6. The van der Waals surface area contributed by atoms with Crippen LogP contribution in [0.25, 0.3) is 0 Å². The number of ether oxygens (including phenoxy) is 3. The topological polar surface area (TPSA) is 108 Å². The number of Topliss-reactive ketones (excluding diaryl/α,β-unsaturated/α-hetero) is 2. The first kappa shape index (κ1) is 34.3. The highest BCUT2D eigenvalue weighted by atomic mass is 16.5. The number of carbonyl (C=O) groups is 2. The lowest BCUT2D eigenvalue weighted by Crippen LogP contribution is -2.59. The molecular formula is C26H53NO6. The van der Waals surface area contributed by atoms with Gasteiger partial charge >= 0.3 is 0 Å². The highest BCUT2D eigenvalue weighted by Gasteiger charge is 2.48. The Kier molecular flexibility index (Phi) is 14.4. The third-order valence-corrected chi connectivity index (χ3v) is 6.03. The lowest BCUT2D eigenvalue weighted by atomic mass is 9.69. The number of rotatable bonds is 15. The third-order valence-electron chi connectivity index (χ3n) is 6.03. The largest absolute Gasteiger partial charge is 0.396 e. The Morgan fingerprint density at radius 3 is 1.85 bits per heavy atom. The molecule has 33 heavy (non-hydrogen) atoms. The molecular weight excluding hydrogens is 422 g/mol. The van der Waals surface area contributed by atoms with Crippen molar-refractivity contribution >= 4 is 11.6 Å². The minimum absolute atomic E-state index is 0. The zero-order valence-electron chi connectivity index (χ0n) is 22.2. The van der Waals surface area contributed by atoms with Gasteiger partial charge in [-0.2, -0.15) is 0 Å². The molecule has 0 amide bonds. The molecule has 0 aromatic carbocycles. The molecule has 0 saturated heterocycles. The summed E-state index contributed by atoms with van der Waals surface area (Å²) in [4.78, 5) is 25.7. The summed E-state index contributed by atoms with van der Waals surface area (Å²) in [6, 6.07) is 0. The van der Waals surface area contributed by atoms with E-state index >= 15 is 0 Å². The normalized spacial score (nSPS) is 16.5. The molecule has 0 heterocycles. The van der Waals surface area contributed by atoms with Crippen molar-refractivity contribution in [2.75, 3.05) is 33.5 Å². The van der Waals surface area contributed by atoms with E-state index in [1.165, 1.54) is 0 Å². The van der Waals surface area contributed by atoms with Gasteiger partial charge in [0.15, 0.2) is 0 Å². The van der Waals surface area contributed by atoms with Crippen molar-refractivity contribution in [1.29, 1.82) is 0 Å². The molecule has 2 unspecified atom stereocenters. The van der Waals surface area contributed by atoms with Gasteiger partial charge in [0.2, 0.25) is 0 Å². The second-order valence-corrected chi connectivity index (χ2v) is 11.7. The Labute approximate surface area is 203 Å². The molecule has 0 bridgehead atoms. The van der Waals surface area contributed by atoms with Crippen LogP contribution in [0.2, 0.25) is 0 Å². The minimum atomic E-state index is -1.20. The molecule has 0 aliphatic carbocycles. The van der Waals surface area contributed by atoms with Crippen LogP contribution in [0, 0.1) is 22.7 Å². The fourth-order valence-corrected chi connectivity index (χ4v) is 3.54. The summed E-state index contributed by atoms with van der Waals surface area (Å²) in [6.45, 7) is 18.1. The smallest absolute Gasteiger partial charge is 0.141 e. The lowest BCUT2D eigenvalue weighted by Gasteiger charge is -2.46. The molecule has 7 nitrogen and oxygen atoms in total. The van der Waals surface area contributed by atoms with Crippen LogP contribution in [0.1, 0.15) is 89.0 Å². The summed E-state index contributed by atoms with van der Waals surface area (Å²) in [5.74, 6) is -0.931. The average Bonchev–Trinajstić information content (AvgIpc) is 2.61. The standard InChI is InChI=1S/C25H49NO6.CH4/c1-22(2,3)15-18(20(28)11-13-27)16-32-25(9,26)24(7,8)19(17-31-23(4,5)6)21(29)12-14-30-10;/h18-19,27H,11-17,26H2,1-10H3;1H4/t18-,19?,25?;/m0./s1. The third kappa shape index (κ3) is 12.4. The fourth-order valence-electron chi connectivity index (χ4n) is 3.54. The van der Waals surface area contributed by atoms with Gasteiger partial charge in [0.05, 0.1) is 31.3 Å². The van der Waals surface area contributed by atoms with Gasteiger partial charge in [-0.1, -0.05) is 42.0 Å². The highest BCUT2D eigenvalue weighted by molar-refractivity contribution is 5.82. The Balaban J connectivity index is 0. The summed E-state index contributed by atoms with van der Waals surface area (Å²) in [6.07, 6.45) is 0.966. The molecule has 0 saturated carbocycles. The molecule has 0 spiro atoms. The number of nitrogens with two attached hydrogens (primary N) is 1. The van der Waals surface area contributed by atoms with Gasteiger partial charge in [0.25, 0.3) is 0 Å². The summed E-state index contributed by atoms with van der Waals surface area (Å²) >= 11 is 0. The van der Waals surface area contributed by atoms with Gasteiger partial charge < -0.3 is 25.1 Å². The van der Waals surface area contributed by atoms with Crippen LogP contribution in [-0.4, -0.2) is 61.5 Å². The maximum Gasteiger partial charge on any atom is 0.141 e. The Morgan fingerprint density at radius 2 is 1.42 bits per heavy atom. The van der Waals surface area contributed by atoms with Crippen molar-refractivity contribution in [2.24, 2.45) is 28.4 Å². The van der Waals surface area contributed by atoms with Crippen molar-refractivity contribution < 1.29 is 28.9 Å². The zero-order valence-corrected chi connectivity index (χ0v) is 22.2. The van der Waals surface area contributed by atoms with Crippen molar-refractivity contribution in [3.8, 4) is 0 Å². The molecule has 0 aliphatic rings. The van der Waals surface area contributed by atoms with Crippen LogP contribution in [0.15, 0.2) is 0 Å². The first-order chi connectivity index (χ1) is 14.4. The van der Waals surface area contributed by atoms with Crippen molar-refractivity contribution in [3.05, 3.63) is 0 Å². The van der Waals surface area contributed by atoms with Crippen LogP contribution >= 0.6 is 0 Å². The lowest BCUT2D eigenvalue weighted by molar-refractivity contribution is -0.170. The van der Waals surface area contributed by atoms with Gasteiger partial charge in [-0.25, -0.2) is 0 Å². The molecule has 0 radical (unpaired) electrons. The Morgan fingerprint density at radius 1 is 0.879 bits per heavy atom. The Hall–Kier alpha value is -0.860. The summed E-state index contributed by atoms with van der Waals surface area (Å²) < 4.78 is 17.3. The van der Waals surface area contributed by atoms with Gasteiger partial charge in [-0.15, -0.1) is 0 Å². The molecule has 3 N–H and O–H groups in total. The number of methoxy groups -OCH3 is 1. The summed E-state index contributed by atoms with van der Waals surface area (Å²) in [5, 5.41) is 9.22. The zero-order chi connectivity index (χ0) is 25.4. The average molecular weight is 476 g/mol. The van der Waals surface area contributed by atoms with Gasteiger partial charge in [0, 0.05) is 37.9 Å². The number of carbonyl (C=O) groups excluding carboxylic acids is 2. The molecule has 0 rings (SSSR count). The first-order valence-corrected chi connectivity index (χ1v) is 11.6. The second-order valence-electron chi connectivity index (χ2n) is 11.7. The van der Waals surface area contributed by atoms with E-state index in [-0.39, 0.29) is 63.0 Å². The summed E-state index contributed by atoms with van der Waals surface area (Å²) in [7, 11) is 1.56. The number of hydrogen-bond donors (Lipinski definition) is 2. The van der Waals surface area contributed by atoms with E-state index < -0.39 is 22.7 Å². The predicted octanol–water partition coefficient (Wildman–Crippen LogP) is 4.38. The highest BCUT2D eigenvalue weighted by Crippen LogP contribution is 2.40. The van der Waals surface area contributed by atoms with Gasteiger partial charge in [0.1, 0.15) is 17.3 Å². The van der Waals surface area contributed by atoms with E-state index in [9.17, 15) is 14.7 Å². The van der Waals surface area contributed by atoms with Crippen LogP contribution < -0.4 is 5.73 Å². The van der Waals surface area contributed by atoms with Crippen LogP contribution in [0.3, 0.4) is 0 Å². The van der Waals surface area contributed by atoms with Gasteiger partial charge in [-0.05, 0) is 39.5 Å². The van der Waals surface area contributed by atoms with Crippen LogP contribution in [-0.2, 0) is 23.8 Å². The number of aliphatic hydroxyl groups is 1. The molecule has 0 aromatic rings. The molecule has 198 valence electrons. The minimum Gasteiger partial charge on any atom is -0.396 e. The molecule has 0 aliphatic heterocycles. The van der Waals surface area contributed by atoms with E-state index in [0.29, 0.717) is 13.0 Å². The molecule has 0 aromatic heterocycles. The number of ketones is 2. The maximum absolute atomic E-state index is 13.1. The monoisotopic (exact) mass is 475 g/mol. The van der Waals surface area contributed by atoms with Crippen LogP contribution in [0.5, 0.6) is 0 Å². The van der Waals surface area contributed by atoms with E-state index in [2.05, 4.69) is 20.8 Å². The van der Waals surface area contributed by atoms with E-state index in [0.717, 1.165) is 0 Å². The molecule has 3 atom stereocenters. The van der Waals surface area contributed by atoms with Crippen molar-refractivity contribution in [2.45, 2.75) is 100 Å². The second kappa shape index (κ2) is 13.9. The fraction of sp³-hybridized carbons (Fsp3) is 0.923. The Bertz CT molecular complexity index is 587. The number of hydrogen-bond acceptors (Lipinski definition) is 7. The van der Waals surface area contributed by atoms with Crippen molar-refractivity contribution in [3.63, 3.8) is 0 Å². The quantitative estimate of drug-likeness (QED) is 0.338. The molecule has 7 heteroatoms. The van der Waals surface area contributed by atoms with Crippen molar-refractivity contribution in [1.82, 2.24) is 0 Å². The van der Waals surface area contributed by atoms with Crippen LogP contribution in [0.4, 0.5) is 0 Å². The maximum atomic E-state index is 13.1. The van der Waals surface area contributed by atoms with E-state index in [4.69, 9.17) is 19.9 Å². The SMILES string of the molecule is C.COCCC(=O)C(COC(C)(C)C)C(C)(C)C(C)(N)OC[C@H](CC(C)(C)C)C(=O)CCO. The summed E-state index contributed by atoms with van der Waals surface area (Å²) in [5.41, 5.74) is 4.19.